The number of benzene rings is 1. The Bertz CT molecular complexity index is 409. The van der Waals surface area contributed by atoms with Gasteiger partial charge in [-0.25, -0.2) is 0 Å². The summed E-state index contributed by atoms with van der Waals surface area (Å²) in [5, 5.41) is 9.72. The smallest absolute Gasteiger partial charge is 0.134 e. The van der Waals surface area contributed by atoms with E-state index < -0.39 is 0 Å². The SMILES string of the molecule is Oc1cc(-c2ccc[nH]2)ccc1Cl. The van der Waals surface area contributed by atoms with Crippen molar-refractivity contribution in [3.05, 3.63) is 41.6 Å². The maximum atomic E-state index is 9.35. The Kier molecular flexibility index (Phi) is 1.99. The van der Waals surface area contributed by atoms with E-state index in [0.717, 1.165) is 11.3 Å². The highest BCUT2D eigenvalue weighted by Crippen LogP contribution is 2.28. The first-order chi connectivity index (χ1) is 6.27. The fourth-order valence-electron chi connectivity index (χ4n) is 1.19. The van der Waals surface area contributed by atoms with Crippen LogP contribution in [0.4, 0.5) is 0 Å². The van der Waals surface area contributed by atoms with Crippen LogP contribution in [0.25, 0.3) is 11.3 Å². The standard InChI is InChI=1S/C10H8ClNO/c11-8-4-3-7(6-10(8)13)9-2-1-5-12-9/h1-6,12-13H. The number of hydrogen-bond donors (Lipinski definition) is 2. The summed E-state index contributed by atoms with van der Waals surface area (Å²) in [6, 6.07) is 9.00. The number of rotatable bonds is 1. The highest BCUT2D eigenvalue weighted by Gasteiger charge is 2.01. The van der Waals surface area contributed by atoms with Crippen LogP contribution in [0.5, 0.6) is 5.75 Å². The van der Waals surface area contributed by atoms with Crippen LogP contribution >= 0.6 is 11.6 Å². The lowest BCUT2D eigenvalue weighted by Gasteiger charge is -2.00. The van der Waals surface area contributed by atoms with Crippen molar-refractivity contribution < 1.29 is 5.11 Å². The minimum Gasteiger partial charge on any atom is -0.506 e. The average molecular weight is 194 g/mol. The summed E-state index contributed by atoms with van der Waals surface area (Å²) < 4.78 is 0. The Hall–Kier alpha value is -1.41. The van der Waals surface area contributed by atoms with Crippen molar-refractivity contribution in [1.29, 1.82) is 0 Å². The zero-order valence-corrected chi connectivity index (χ0v) is 7.55. The van der Waals surface area contributed by atoms with Crippen molar-refractivity contribution in [1.82, 2.24) is 4.98 Å². The van der Waals surface area contributed by atoms with E-state index in [-0.39, 0.29) is 5.75 Å². The molecule has 0 aliphatic carbocycles. The normalized spacial score (nSPS) is 10.2. The van der Waals surface area contributed by atoms with Gasteiger partial charge in [0.1, 0.15) is 5.75 Å². The molecule has 0 bridgehead atoms. The summed E-state index contributed by atoms with van der Waals surface area (Å²) in [6.45, 7) is 0. The molecule has 2 nitrogen and oxygen atoms in total. The summed E-state index contributed by atoms with van der Waals surface area (Å²) in [7, 11) is 0. The molecule has 0 radical (unpaired) electrons. The molecule has 13 heavy (non-hydrogen) atoms. The summed E-state index contributed by atoms with van der Waals surface area (Å²) in [5.41, 5.74) is 1.89. The van der Waals surface area contributed by atoms with Gasteiger partial charge in [-0.2, -0.15) is 0 Å². The van der Waals surface area contributed by atoms with Crippen LogP contribution in [0.15, 0.2) is 36.5 Å². The summed E-state index contributed by atoms with van der Waals surface area (Å²) >= 11 is 5.68. The largest absolute Gasteiger partial charge is 0.506 e. The lowest BCUT2D eigenvalue weighted by atomic mass is 10.1. The van der Waals surface area contributed by atoms with Gasteiger partial charge >= 0.3 is 0 Å². The monoisotopic (exact) mass is 193 g/mol. The molecule has 0 unspecified atom stereocenters. The van der Waals surface area contributed by atoms with Gasteiger partial charge in [0.15, 0.2) is 0 Å². The molecule has 1 heterocycles. The predicted molar refractivity (Wildman–Crippen MR) is 52.9 cm³/mol. The van der Waals surface area contributed by atoms with Crippen molar-refractivity contribution in [3.63, 3.8) is 0 Å². The number of H-pyrrole nitrogens is 1. The first kappa shape index (κ1) is 8.20. The molecular formula is C10H8ClNO. The van der Waals surface area contributed by atoms with Crippen LogP contribution in [0.3, 0.4) is 0 Å². The molecule has 1 aromatic carbocycles. The molecule has 2 aromatic rings. The van der Waals surface area contributed by atoms with Gasteiger partial charge in [0.25, 0.3) is 0 Å². The van der Waals surface area contributed by atoms with E-state index in [0.29, 0.717) is 5.02 Å². The maximum absolute atomic E-state index is 9.35. The molecule has 0 aliphatic heterocycles. The summed E-state index contributed by atoms with van der Waals surface area (Å²) in [4.78, 5) is 3.05. The zero-order valence-electron chi connectivity index (χ0n) is 6.79. The summed E-state index contributed by atoms with van der Waals surface area (Å²) in [5.74, 6) is 0.105. The van der Waals surface area contributed by atoms with E-state index >= 15 is 0 Å². The molecule has 0 spiro atoms. The first-order valence-corrected chi connectivity index (χ1v) is 4.27. The third kappa shape index (κ3) is 1.53. The quantitative estimate of drug-likeness (QED) is 0.718. The Morgan fingerprint density at radius 2 is 2.08 bits per heavy atom. The fourth-order valence-corrected chi connectivity index (χ4v) is 1.31. The molecule has 0 amide bonds. The predicted octanol–water partition coefficient (Wildman–Crippen LogP) is 3.04. The Labute approximate surface area is 80.8 Å². The number of aromatic hydroxyl groups is 1. The van der Waals surface area contributed by atoms with Crippen LogP contribution in [0.1, 0.15) is 0 Å². The van der Waals surface area contributed by atoms with E-state index in [9.17, 15) is 5.11 Å². The van der Waals surface area contributed by atoms with Crippen molar-refractivity contribution in [2.45, 2.75) is 0 Å². The van der Waals surface area contributed by atoms with Crippen LogP contribution in [-0.4, -0.2) is 10.1 Å². The molecule has 2 N–H and O–H groups in total. The van der Waals surface area contributed by atoms with Gasteiger partial charge in [-0.15, -0.1) is 0 Å². The number of aromatic amines is 1. The van der Waals surface area contributed by atoms with Crippen LogP contribution in [0, 0.1) is 0 Å². The first-order valence-electron chi connectivity index (χ1n) is 3.89. The van der Waals surface area contributed by atoms with Crippen LogP contribution in [0.2, 0.25) is 5.02 Å². The third-order valence-corrected chi connectivity index (χ3v) is 2.17. The van der Waals surface area contributed by atoms with Crippen LogP contribution in [-0.2, 0) is 0 Å². The third-order valence-electron chi connectivity index (χ3n) is 1.86. The number of phenolic OH excluding ortho intramolecular Hbond substituents is 1. The van der Waals surface area contributed by atoms with E-state index in [2.05, 4.69) is 4.98 Å². The van der Waals surface area contributed by atoms with Gasteiger partial charge in [-0.3, -0.25) is 0 Å². The second-order valence-electron chi connectivity index (χ2n) is 2.75. The molecule has 0 aliphatic rings. The second-order valence-corrected chi connectivity index (χ2v) is 3.16. The van der Waals surface area contributed by atoms with Crippen molar-refractivity contribution >= 4 is 11.6 Å². The van der Waals surface area contributed by atoms with Gasteiger partial charge in [-0.05, 0) is 24.3 Å². The molecule has 66 valence electrons. The Balaban J connectivity index is 2.49. The topological polar surface area (TPSA) is 36.0 Å². The highest BCUT2D eigenvalue weighted by atomic mass is 35.5. The minimum atomic E-state index is 0.105. The molecule has 0 saturated carbocycles. The fraction of sp³-hybridized carbons (Fsp3) is 0. The Morgan fingerprint density at radius 1 is 1.23 bits per heavy atom. The number of nitrogens with one attached hydrogen (secondary N) is 1. The van der Waals surface area contributed by atoms with E-state index in [4.69, 9.17) is 11.6 Å². The van der Waals surface area contributed by atoms with Crippen LogP contribution < -0.4 is 0 Å². The Morgan fingerprint density at radius 3 is 2.69 bits per heavy atom. The van der Waals surface area contributed by atoms with E-state index in [1.807, 2.05) is 24.4 Å². The molecular weight excluding hydrogens is 186 g/mol. The number of halogens is 1. The zero-order chi connectivity index (χ0) is 9.26. The van der Waals surface area contributed by atoms with Gasteiger partial charge in [-0.1, -0.05) is 17.7 Å². The summed E-state index contributed by atoms with van der Waals surface area (Å²) in [6.07, 6.45) is 1.83. The lowest BCUT2D eigenvalue weighted by Crippen LogP contribution is -1.76. The van der Waals surface area contributed by atoms with Gasteiger partial charge in [0, 0.05) is 17.5 Å². The molecule has 3 heteroatoms. The average Bonchev–Trinajstić information content (AvgIpc) is 2.62. The number of hydrogen-bond acceptors (Lipinski definition) is 1. The van der Waals surface area contributed by atoms with Crippen molar-refractivity contribution in [2.75, 3.05) is 0 Å². The molecule has 0 fully saturated rings. The molecule has 0 saturated heterocycles. The molecule has 2 rings (SSSR count). The molecule has 1 aromatic heterocycles. The highest BCUT2D eigenvalue weighted by molar-refractivity contribution is 6.32. The molecule has 0 atom stereocenters. The number of phenols is 1. The van der Waals surface area contributed by atoms with Crippen molar-refractivity contribution in [3.8, 4) is 17.0 Å². The van der Waals surface area contributed by atoms with Crippen molar-refractivity contribution in [2.24, 2.45) is 0 Å². The van der Waals surface area contributed by atoms with Gasteiger partial charge in [0.05, 0.1) is 5.02 Å². The maximum Gasteiger partial charge on any atom is 0.134 e. The van der Waals surface area contributed by atoms with Gasteiger partial charge < -0.3 is 10.1 Å². The van der Waals surface area contributed by atoms with E-state index in [1.165, 1.54) is 0 Å². The number of aromatic nitrogens is 1. The van der Waals surface area contributed by atoms with E-state index in [1.54, 1.807) is 12.1 Å². The van der Waals surface area contributed by atoms with Gasteiger partial charge in [0.2, 0.25) is 0 Å². The second kappa shape index (κ2) is 3.15. The lowest BCUT2D eigenvalue weighted by molar-refractivity contribution is 0.476. The minimum absolute atomic E-state index is 0.105.